The molecule has 0 radical (unpaired) electrons. The summed E-state index contributed by atoms with van der Waals surface area (Å²) in [4.78, 5) is 13.1. The van der Waals surface area contributed by atoms with Crippen molar-refractivity contribution < 1.29 is 13.2 Å². The van der Waals surface area contributed by atoms with Crippen LogP contribution in [0.15, 0.2) is 83.8 Å². The van der Waals surface area contributed by atoms with E-state index in [2.05, 4.69) is 11.4 Å². The van der Waals surface area contributed by atoms with Crippen LogP contribution in [0.25, 0.3) is 0 Å². The van der Waals surface area contributed by atoms with Gasteiger partial charge in [0.25, 0.3) is 10.0 Å². The van der Waals surface area contributed by atoms with E-state index in [-0.39, 0.29) is 23.4 Å². The number of rotatable bonds is 6. The van der Waals surface area contributed by atoms with Crippen molar-refractivity contribution in [1.29, 1.82) is 0 Å². The maximum Gasteiger partial charge on any atom is 0.264 e. The van der Waals surface area contributed by atoms with E-state index in [0.29, 0.717) is 10.7 Å². The van der Waals surface area contributed by atoms with Crippen LogP contribution in [0.1, 0.15) is 30.0 Å². The van der Waals surface area contributed by atoms with Gasteiger partial charge in [-0.15, -0.1) is 0 Å². The number of benzene rings is 3. The summed E-state index contributed by atoms with van der Waals surface area (Å²) in [5, 5.41) is 3.43. The first-order valence-electron chi connectivity index (χ1n) is 10.2. The fourth-order valence-corrected chi connectivity index (χ4v) is 5.56. The van der Waals surface area contributed by atoms with E-state index in [1.807, 2.05) is 18.2 Å². The highest BCUT2D eigenvalue weighted by atomic mass is 35.5. The van der Waals surface area contributed by atoms with Crippen LogP contribution < -0.4 is 9.62 Å². The number of halogens is 1. The van der Waals surface area contributed by atoms with Crippen molar-refractivity contribution in [1.82, 2.24) is 5.32 Å². The Kier molecular flexibility index (Phi) is 6.30. The Morgan fingerprint density at radius 2 is 1.74 bits per heavy atom. The second kappa shape index (κ2) is 9.12. The molecule has 1 aliphatic carbocycles. The third-order valence-corrected chi connectivity index (χ3v) is 7.44. The van der Waals surface area contributed by atoms with Crippen LogP contribution in [0.2, 0.25) is 5.02 Å². The summed E-state index contributed by atoms with van der Waals surface area (Å²) in [7, 11) is -3.95. The highest BCUT2D eigenvalue weighted by Crippen LogP contribution is 2.30. The number of nitrogens with one attached hydrogen (secondary N) is 1. The summed E-state index contributed by atoms with van der Waals surface area (Å²) >= 11 is 6.11. The molecule has 3 aromatic carbocycles. The Morgan fingerprint density at radius 1 is 1.00 bits per heavy atom. The van der Waals surface area contributed by atoms with Crippen molar-refractivity contribution in [2.75, 3.05) is 10.8 Å². The largest absolute Gasteiger partial charge is 0.348 e. The third-order valence-electron chi connectivity index (χ3n) is 5.42. The normalized spacial score (nSPS) is 15.7. The van der Waals surface area contributed by atoms with Gasteiger partial charge < -0.3 is 5.32 Å². The van der Waals surface area contributed by atoms with E-state index in [4.69, 9.17) is 11.6 Å². The Labute approximate surface area is 187 Å². The zero-order valence-electron chi connectivity index (χ0n) is 16.9. The average Bonchev–Trinajstić information content (AvgIpc) is 2.78. The zero-order valence-corrected chi connectivity index (χ0v) is 18.4. The molecule has 4 rings (SSSR count). The van der Waals surface area contributed by atoms with Crippen molar-refractivity contribution >= 4 is 33.2 Å². The third kappa shape index (κ3) is 4.75. The number of aryl methyl sites for hydroxylation is 1. The van der Waals surface area contributed by atoms with E-state index in [1.165, 1.54) is 17.7 Å². The molecule has 160 valence electrons. The maximum atomic E-state index is 13.4. The van der Waals surface area contributed by atoms with Crippen LogP contribution in [0.4, 0.5) is 5.69 Å². The van der Waals surface area contributed by atoms with E-state index < -0.39 is 10.0 Å². The lowest BCUT2D eigenvalue weighted by molar-refractivity contribution is -0.120. The molecule has 1 amide bonds. The molecule has 1 unspecified atom stereocenters. The number of nitrogens with zero attached hydrogens (tertiary/aromatic N) is 1. The molecule has 0 saturated heterocycles. The van der Waals surface area contributed by atoms with Crippen LogP contribution in [-0.4, -0.2) is 20.9 Å². The Hall–Kier alpha value is -2.83. The van der Waals surface area contributed by atoms with Gasteiger partial charge in [0.1, 0.15) is 6.54 Å². The van der Waals surface area contributed by atoms with Crippen LogP contribution in [0.3, 0.4) is 0 Å². The van der Waals surface area contributed by atoms with E-state index in [0.717, 1.165) is 29.1 Å². The lowest BCUT2D eigenvalue weighted by Crippen LogP contribution is -2.42. The van der Waals surface area contributed by atoms with Gasteiger partial charge in [0.15, 0.2) is 0 Å². The molecule has 7 heteroatoms. The fourth-order valence-electron chi connectivity index (χ4n) is 3.94. The fraction of sp³-hybridized carbons (Fsp3) is 0.208. The topological polar surface area (TPSA) is 66.5 Å². The molecule has 0 bridgehead atoms. The molecule has 5 nitrogen and oxygen atoms in total. The molecule has 0 aliphatic heterocycles. The smallest absolute Gasteiger partial charge is 0.264 e. The van der Waals surface area contributed by atoms with E-state index in [1.54, 1.807) is 42.5 Å². The number of fused-ring (bicyclic) bond motifs is 1. The van der Waals surface area contributed by atoms with Crippen molar-refractivity contribution in [3.05, 3.63) is 95.0 Å². The summed E-state index contributed by atoms with van der Waals surface area (Å²) in [6.07, 6.45) is 2.78. The minimum Gasteiger partial charge on any atom is -0.348 e. The van der Waals surface area contributed by atoms with Gasteiger partial charge in [-0.25, -0.2) is 8.42 Å². The van der Waals surface area contributed by atoms with Gasteiger partial charge in [-0.2, -0.15) is 0 Å². The lowest BCUT2D eigenvalue weighted by Gasteiger charge is -2.28. The molecule has 0 heterocycles. The molecule has 1 aliphatic rings. The molecule has 1 atom stereocenters. The number of anilines is 1. The Balaban J connectivity index is 1.62. The van der Waals surface area contributed by atoms with E-state index >= 15 is 0 Å². The van der Waals surface area contributed by atoms with Crippen LogP contribution >= 0.6 is 11.6 Å². The van der Waals surface area contributed by atoms with Gasteiger partial charge in [-0.1, -0.05) is 60.1 Å². The first-order valence-corrected chi connectivity index (χ1v) is 12.0. The quantitative estimate of drug-likeness (QED) is 0.585. The molecule has 0 saturated carbocycles. The van der Waals surface area contributed by atoms with Crippen LogP contribution in [0.5, 0.6) is 0 Å². The molecule has 0 spiro atoms. The van der Waals surface area contributed by atoms with E-state index in [9.17, 15) is 13.2 Å². The van der Waals surface area contributed by atoms with Crippen LogP contribution in [0, 0.1) is 0 Å². The highest BCUT2D eigenvalue weighted by Gasteiger charge is 2.29. The van der Waals surface area contributed by atoms with Crippen LogP contribution in [-0.2, 0) is 21.2 Å². The summed E-state index contributed by atoms with van der Waals surface area (Å²) in [5.41, 5.74) is 2.67. The average molecular weight is 455 g/mol. The first kappa shape index (κ1) is 21.4. The molecular formula is C24H23ClN2O3S. The molecule has 31 heavy (non-hydrogen) atoms. The number of carbonyl (C=O) groups excluding carboxylic acids is 1. The highest BCUT2D eigenvalue weighted by molar-refractivity contribution is 7.92. The van der Waals surface area contributed by atoms with Gasteiger partial charge in [-0.05, 0) is 60.7 Å². The Morgan fingerprint density at radius 3 is 2.52 bits per heavy atom. The summed E-state index contributed by atoms with van der Waals surface area (Å²) in [5.74, 6) is -0.360. The summed E-state index contributed by atoms with van der Waals surface area (Å²) < 4.78 is 27.9. The number of hydrogen-bond donors (Lipinski definition) is 1. The molecule has 1 N–H and O–H groups in total. The van der Waals surface area contributed by atoms with Gasteiger partial charge >= 0.3 is 0 Å². The molecule has 0 fully saturated rings. The zero-order chi connectivity index (χ0) is 21.8. The number of amides is 1. The van der Waals surface area contributed by atoms with Gasteiger partial charge in [0.05, 0.1) is 16.6 Å². The van der Waals surface area contributed by atoms with Gasteiger partial charge in [0, 0.05) is 5.02 Å². The minimum absolute atomic E-state index is 0.116. The first-order chi connectivity index (χ1) is 14.9. The number of sulfonamides is 1. The monoisotopic (exact) mass is 454 g/mol. The number of carbonyl (C=O) groups is 1. The lowest BCUT2D eigenvalue weighted by atomic mass is 9.88. The maximum absolute atomic E-state index is 13.4. The summed E-state index contributed by atoms with van der Waals surface area (Å²) in [6, 6.07) is 22.5. The van der Waals surface area contributed by atoms with Gasteiger partial charge in [-0.3, -0.25) is 9.10 Å². The molecule has 0 aromatic heterocycles. The van der Waals surface area contributed by atoms with Crippen molar-refractivity contribution in [3.63, 3.8) is 0 Å². The molecule has 3 aromatic rings. The second-order valence-electron chi connectivity index (χ2n) is 7.52. The molecular weight excluding hydrogens is 432 g/mol. The van der Waals surface area contributed by atoms with Gasteiger partial charge in [0.2, 0.25) is 5.91 Å². The standard InChI is InChI=1S/C24H23ClN2O3S/c25-19-10-7-11-20(16-19)27(31(29,30)21-12-2-1-3-13-21)17-24(28)26-23-15-6-9-18-8-4-5-14-22(18)23/h1-5,7-8,10-14,16,23H,6,9,15,17H2,(H,26,28). The Bertz CT molecular complexity index is 1180. The van der Waals surface area contributed by atoms with Crippen molar-refractivity contribution in [2.24, 2.45) is 0 Å². The summed E-state index contributed by atoms with van der Waals surface area (Å²) in [6.45, 7) is -0.337. The minimum atomic E-state index is -3.95. The number of hydrogen-bond acceptors (Lipinski definition) is 3. The SMILES string of the molecule is O=C(CN(c1cccc(Cl)c1)S(=O)(=O)c1ccccc1)NC1CCCc2ccccc21. The van der Waals surface area contributed by atoms with Crippen molar-refractivity contribution in [2.45, 2.75) is 30.2 Å². The predicted molar refractivity (Wildman–Crippen MR) is 123 cm³/mol. The second-order valence-corrected chi connectivity index (χ2v) is 9.81. The predicted octanol–water partition coefficient (Wildman–Crippen LogP) is 4.73. The van der Waals surface area contributed by atoms with Crippen molar-refractivity contribution in [3.8, 4) is 0 Å².